The van der Waals surface area contributed by atoms with Crippen molar-refractivity contribution in [2.45, 2.75) is 24.4 Å². The predicted molar refractivity (Wildman–Crippen MR) is 126 cm³/mol. The number of nitrogens with one attached hydrogen (secondary N) is 1. The molecular weight excluding hydrogens is 491 g/mol. The van der Waals surface area contributed by atoms with E-state index in [2.05, 4.69) is 10.3 Å². The monoisotopic (exact) mass is 513 g/mol. The van der Waals surface area contributed by atoms with Crippen molar-refractivity contribution in [3.8, 4) is 5.75 Å². The Hall–Kier alpha value is -2.73. The van der Waals surface area contributed by atoms with Gasteiger partial charge in [-0.1, -0.05) is 17.8 Å². The third-order valence-corrected chi connectivity index (χ3v) is 8.52. The van der Waals surface area contributed by atoms with Gasteiger partial charge in [0.25, 0.3) is 0 Å². The molecule has 182 valence electrons. The summed E-state index contributed by atoms with van der Waals surface area (Å²) < 4.78 is 68.3. The van der Waals surface area contributed by atoms with Gasteiger partial charge in [0.15, 0.2) is 15.0 Å². The molecule has 2 aliphatic rings. The van der Waals surface area contributed by atoms with Crippen molar-refractivity contribution >= 4 is 44.0 Å². The number of hydrogen-bond donors (Lipinski definition) is 1. The van der Waals surface area contributed by atoms with Crippen LogP contribution in [0.5, 0.6) is 5.75 Å². The minimum Gasteiger partial charge on any atom is -0.494 e. The summed E-state index contributed by atoms with van der Waals surface area (Å²) in [6.07, 6.45) is -4.53. The van der Waals surface area contributed by atoms with Crippen molar-refractivity contribution in [1.82, 2.24) is 0 Å². The van der Waals surface area contributed by atoms with E-state index in [-0.39, 0.29) is 35.0 Å². The highest BCUT2D eigenvalue weighted by atomic mass is 32.2. The van der Waals surface area contributed by atoms with E-state index in [4.69, 9.17) is 4.74 Å². The first kappa shape index (κ1) is 24.4. The van der Waals surface area contributed by atoms with E-state index in [0.717, 1.165) is 12.1 Å². The van der Waals surface area contributed by atoms with Crippen LogP contribution >= 0.6 is 11.8 Å². The van der Waals surface area contributed by atoms with Crippen LogP contribution in [-0.4, -0.2) is 55.4 Å². The first-order chi connectivity index (χ1) is 16.0. The molecule has 0 radical (unpaired) electrons. The van der Waals surface area contributed by atoms with Gasteiger partial charge < -0.3 is 15.0 Å². The summed E-state index contributed by atoms with van der Waals surface area (Å²) in [5, 5.41) is 2.78. The van der Waals surface area contributed by atoms with Gasteiger partial charge in [-0.3, -0.25) is 9.79 Å². The zero-order valence-corrected chi connectivity index (χ0v) is 19.7. The number of ether oxygens (including phenoxy) is 1. The normalized spacial score (nSPS) is 21.0. The average Bonchev–Trinajstić information content (AvgIpc) is 3.26. The number of aliphatic imine (C=N–C) groups is 1. The highest BCUT2D eigenvalue weighted by Crippen LogP contribution is 2.37. The van der Waals surface area contributed by atoms with Crippen molar-refractivity contribution in [3.63, 3.8) is 0 Å². The third-order valence-electron chi connectivity index (χ3n) is 5.27. The summed E-state index contributed by atoms with van der Waals surface area (Å²) in [7, 11) is -3.15. The second-order valence-electron chi connectivity index (χ2n) is 7.85. The molecule has 2 aromatic rings. The number of alkyl halides is 3. The maximum Gasteiger partial charge on any atom is 0.416 e. The van der Waals surface area contributed by atoms with Gasteiger partial charge in [0.05, 0.1) is 29.7 Å². The van der Waals surface area contributed by atoms with Crippen LogP contribution in [0.1, 0.15) is 12.5 Å². The SMILES string of the molecule is CCOc1ccc(N(CC(=O)Nc2cccc(C(F)(F)F)c2)C2=N[C@H]3CS(=O)(=O)C[C@H]3S2)cc1. The third kappa shape index (κ3) is 5.66. The number of thioether (sulfide) groups is 1. The number of hydrogen-bond acceptors (Lipinski definition) is 7. The lowest BCUT2D eigenvalue weighted by molar-refractivity contribution is -0.137. The molecule has 7 nitrogen and oxygen atoms in total. The van der Waals surface area contributed by atoms with Crippen molar-refractivity contribution < 1.29 is 31.1 Å². The van der Waals surface area contributed by atoms with Gasteiger partial charge >= 0.3 is 6.18 Å². The number of nitrogens with zero attached hydrogens (tertiary/aromatic N) is 2. The fraction of sp³-hybridized carbons (Fsp3) is 0.364. The van der Waals surface area contributed by atoms with Gasteiger partial charge in [0.2, 0.25) is 5.91 Å². The number of fused-ring (bicyclic) bond motifs is 1. The first-order valence-electron chi connectivity index (χ1n) is 10.5. The van der Waals surface area contributed by atoms with Gasteiger partial charge in [0, 0.05) is 16.6 Å². The Kier molecular flexibility index (Phi) is 6.81. The van der Waals surface area contributed by atoms with E-state index in [1.807, 2.05) is 6.92 Å². The standard InChI is InChI=1S/C22H22F3N3O4S2/c1-2-32-17-8-6-16(7-9-17)28(21-27-18-12-34(30,31)13-19(18)33-21)11-20(29)26-15-5-3-4-14(10-15)22(23,24)25/h3-10,18-19H,2,11-13H2,1H3,(H,26,29)/t18-,19+/m0/s1. The zero-order chi connectivity index (χ0) is 24.5. The number of rotatable bonds is 6. The molecule has 1 amide bonds. The molecule has 4 rings (SSSR count). The van der Waals surface area contributed by atoms with E-state index in [1.54, 1.807) is 29.2 Å². The number of amides is 1. The fourth-order valence-corrected chi connectivity index (χ4v) is 7.53. The Morgan fingerprint density at radius 2 is 1.94 bits per heavy atom. The predicted octanol–water partition coefficient (Wildman–Crippen LogP) is 3.82. The number of sulfone groups is 1. The van der Waals surface area contributed by atoms with Crippen LogP contribution in [0.15, 0.2) is 53.5 Å². The quantitative estimate of drug-likeness (QED) is 0.632. The number of benzene rings is 2. The Morgan fingerprint density at radius 1 is 1.21 bits per heavy atom. The van der Waals surface area contributed by atoms with Gasteiger partial charge in [-0.15, -0.1) is 0 Å². The number of amidine groups is 1. The largest absolute Gasteiger partial charge is 0.494 e. The van der Waals surface area contributed by atoms with E-state index < -0.39 is 27.5 Å². The van der Waals surface area contributed by atoms with E-state index >= 15 is 0 Å². The Labute approximate surface area is 199 Å². The van der Waals surface area contributed by atoms with Crippen LogP contribution in [0, 0.1) is 0 Å². The highest BCUT2D eigenvalue weighted by molar-refractivity contribution is 8.15. The molecule has 0 unspecified atom stereocenters. The van der Waals surface area contributed by atoms with Crippen molar-refractivity contribution in [2.24, 2.45) is 4.99 Å². The van der Waals surface area contributed by atoms with Crippen LogP contribution in [0.2, 0.25) is 0 Å². The lowest BCUT2D eigenvalue weighted by Crippen LogP contribution is -2.36. The molecule has 0 aliphatic carbocycles. The molecule has 1 saturated heterocycles. The number of carbonyl (C=O) groups excluding carboxylic acids is 1. The summed E-state index contributed by atoms with van der Waals surface area (Å²) in [4.78, 5) is 19.0. The molecular formula is C22H22F3N3O4S2. The summed E-state index contributed by atoms with van der Waals surface area (Å²) in [6, 6.07) is 11.0. The van der Waals surface area contributed by atoms with Crippen LogP contribution in [0.3, 0.4) is 0 Å². The lowest BCUT2D eigenvalue weighted by Gasteiger charge is -2.24. The Bertz CT molecular complexity index is 1200. The van der Waals surface area contributed by atoms with Crippen molar-refractivity contribution in [1.29, 1.82) is 0 Å². The molecule has 0 saturated carbocycles. The zero-order valence-electron chi connectivity index (χ0n) is 18.1. The first-order valence-corrected chi connectivity index (χ1v) is 13.2. The molecule has 2 aliphatic heterocycles. The fourth-order valence-electron chi connectivity index (χ4n) is 3.75. The van der Waals surface area contributed by atoms with E-state index in [0.29, 0.717) is 23.2 Å². The van der Waals surface area contributed by atoms with Gasteiger partial charge in [0.1, 0.15) is 12.3 Å². The number of carbonyl (C=O) groups is 1. The van der Waals surface area contributed by atoms with E-state index in [1.165, 1.54) is 23.9 Å². The molecule has 12 heteroatoms. The summed E-state index contributed by atoms with van der Waals surface area (Å²) >= 11 is 1.29. The summed E-state index contributed by atoms with van der Waals surface area (Å²) in [5.41, 5.74) is -0.217. The molecule has 1 N–H and O–H groups in total. The average molecular weight is 514 g/mol. The number of halogens is 3. The Morgan fingerprint density at radius 3 is 2.59 bits per heavy atom. The van der Waals surface area contributed by atoms with Crippen LogP contribution in [0.25, 0.3) is 0 Å². The van der Waals surface area contributed by atoms with Crippen LogP contribution in [0.4, 0.5) is 24.5 Å². The molecule has 2 aromatic carbocycles. The van der Waals surface area contributed by atoms with Crippen LogP contribution in [-0.2, 0) is 20.8 Å². The maximum absolute atomic E-state index is 13.0. The molecule has 34 heavy (non-hydrogen) atoms. The highest BCUT2D eigenvalue weighted by Gasteiger charge is 2.44. The minimum atomic E-state index is -4.53. The maximum atomic E-state index is 13.0. The molecule has 0 spiro atoms. The van der Waals surface area contributed by atoms with Gasteiger partial charge in [-0.25, -0.2) is 8.42 Å². The summed E-state index contributed by atoms with van der Waals surface area (Å²) in [6.45, 7) is 2.13. The second-order valence-corrected chi connectivity index (χ2v) is 11.2. The van der Waals surface area contributed by atoms with Gasteiger partial charge in [-0.2, -0.15) is 13.2 Å². The van der Waals surface area contributed by atoms with E-state index in [9.17, 15) is 26.4 Å². The topological polar surface area (TPSA) is 88.1 Å². The van der Waals surface area contributed by atoms with Crippen molar-refractivity contribution in [2.75, 3.05) is 34.9 Å². The van der Waals surface area contributed by atoms with Gasteiger partial charge in [-0.05, 0) is 49.4 Å². The minimum absolute atomic E-state index is 0.0167. The molecule has 0 aromatic heterocycles. The molecule has 0 bridgehead atoms. The number of anilines is 2. The lowest BCUT2D eigenvalue weighted by atomic mass is 10.2. The Balaban J connectivity index is 1.56. The summed E-state index contributed by atoms with van der Waals surface area (Å²) in [5.74, 6) is 0.0784. The molecule has 2 heterocycles. The molecule has 2 atom stereocenters. The smallest absolute Gasteiger partial charge is 0.416 e. The molecule has 1 fully saturated rings. The van der Waals surface area contributed by atoms with Crippen molar-refractivity contribution in [3.05, 3.63) is 54.1 Å². The second kappa shape index (κ2) is 9.49. The van der Waals surface area contributed by atoms with Crippen LogP contribution < -0.4 is 15.0 Å².